The molecule has 0 atom stereocenters. The van der Waals surface area contributed by atoms with Crippen LogP contribution >= 0.6 is 0 Å². The fraction of sp³-hybridized carbons (Fsp3) is 0.286. The molecule has 0 amide bonds. The number of nitrogens with two attached hydrogens (primary N) is 1. The van der Waals surface area contributed by atoms with E-state index in [0.29, 0.717) is 13.1 Å². The summed E-state index contributed by atoms with van der Waals surface area (Å²) in [6.45, 7) is 1.20. The van der Waals surface area contributed by atoms with Crippen molar-refractivity contribution in [1.29, 1.82) is 0 Å². The monoisotopic (exact) mass is 246 g/mol. The van der Waals surface area contributed by atoms with Crippen molar-refractivity contribution in [3.05, 3.63) is 47.9 Å². The van der Waals surface area contributed by atoms with E-state index < -0.39 is 0 Å². The number of benzene rings is 1. The van der Waals surface area contributed by atoms with E-state index in [9.17, 15) is 0 Å². The molecular formula is C14H18N2O2. The minimum atomic E-state index is 0.502. The van der Waals surface area contributed by atoms with Gasteiger partial charge in [-0.2, -0.15) is 0 Å². The summed E-state index contributed by atoms with van der Waals surface area (Å²) in [4.78, 5) is 2.11. The summed E-state index contributed by atoms with van der Waals surface area (Å²) in [5.41, 5.74) is 7.81. The lowest BCUT2D eigenvalue weighted by Gasteiger charge is -2.18. The van der Waals surface area contributed by atoms with Crippen LogP contribution in [0.25, 0.3) is 0 Å². The van der Waals surface area contributed by atoms with Crippen LogP contribution in [-0.2, 0) is 13.1 Å². The number of methoxy groups -OCH3 is 1. The van der Waals surface area contributed by atoms with Crippen molar-refractivity contribution in [3.8, 4) is 5.75 Å². The van der Waals surface area contributed by atoms with Crippen LogP contribution in [0.1, 0.15) is 11.3 Å². The number of anilines is 1. The maximum atomic E-state index is 5.65. The summed E-state index contributed by atoms with van der Waals surface area (Å²) >= 11 is 0. The second-order valence-corrected chi connectivity index (χ2v) is 4.13. The van der Waals surface area contributed by atoms with E-state index in [0.717, 1.165) is 22.8 Å². The molecule has 0 radical (unpaired) electrons. The lowest BCUT2D eigenvalue weighted by Crippen LogP contribution is -2.17. The van der Waals surface area contributed by atoms with Gasteiger partial charge < -0.3 is 19.8 Å². The number of hydrogen-bond acceptors (Lipinski definition) is 4. The van der Waals surface area contributed by atoms with Crippen molar-refractivity contribution < 1.29 is 9.15 Å². The van der Waals surface area contributed by atoms with E-state index in [1.54, 1.807) is 13.4 Å². The van der Waals surface area contributed by atoms with E-state index in [2.05, 4.69) is 4.90 Å². The van der Waals surface area contributed by atoms with Crippen LogP contribution in [0.15, 0.2) is 41.0 Å². The molecule has 2 rings (SSSR count). The molecule has 2 N–H and O–H groups in total. The van der Waals surface area contributed by atoms with Gasteiger partial charge in [0.1, 0.15) is 11.5 Å². The largest absolute Gasteiger partial charge is 0.497 e. The molecule has 1 heterocycles. The van der Waals surface area contributed by atoms with Crippen LogP contribution < -0.4 is 15.4 Å². The maximum Gasteiger partial charge on any atom is 0.127 e. The minimum absolute atomic E-state index is 0.502. The molecule has 4 nitrogen and oxygen atoms in total. The lowest BCUT2D eigenvalue weighted by molar-refractivity contribution is 0.415. The Balaban J connectivity index is 2.09. The van der Waals surface area contributed by atoms with E-state index in [1.165, 1.54) is 0 Å². The van der Waals surface area contributed by atoms with E-state index in [4.69, 9.17) is 14.9 Å². The Morgan fingerprint density at radius 1 is 1.22 bits per heavy atom. The molecule has 0 bridgehead atoms. The first-order valence-electron chi connectivity index (χ1n) is 5.85. The Morgan fingerprint density at radius 2 is 1.94 bits per heavy atom. The zero-order valence-corrected chi connectivity index (χ0v) is 10.7. The molecule has 0 spiro atoms. The molecule has 0 aliphatic carbocycles. The van der Waals surface area contributed by atoms with Gasteiger partial charge in [-0.05, 0) is 30.3 Å². The zero-order chi connectivity index (χ0) is 13.0. The number of rotatable bonds is 5. The Kier molecular flexibility index (Phi) is 3.89. The van der Waals surface area contributed by atoms with Gasteiger partial charge in [0.05, 0.1) is 19.9 Å². The molecule has 0 aliphatic heterocycles. The molecule has 0 saturated carbocycles. The van der Waals surface area contributed by atoms with Gasteiger partial charge in [0.25, 0.3) is 0 Å². The molecular weight excluding hydrogens is 228 g/mol. The van der Waals surface area contributed by atoms with Gasteiger partial charge in [-0.15, -0.1) is 0 Å². The minimum Gasteiger partial charge on any atom is -0.497 e. The van der Waals surface area contributed by atoms with E-state index in [1.807, 2.05) is 37.4 Å². The van der Waals surface area contributed by atoms with Crippen molar-refractivity contribution in [2.45, 2.75) is 13.1 Å². The number of ether oxygens (including phenoxy) is 1. The van der Waals surface area contributed by atoms with Crippen LogP contribution in [0.4, 0.5) is 5.69 Å². The molecule has 0 aliphatic rings. The summed E-state index contributed by atoms with van der Waals surface area (Å²) in [6.07, 6.45) is 1.68. The molecule has 18 heavy (non-hydrogen) atoms. The Hall–Kier alpha value is -1.94. The van der Waals surface area contributed by atoms with Crippen LogP contribution in [0, 0.1) is 0 Å². The molecule has 0 fully saturated rings. The smallest absolute Gasteiger partial charge is 0.127 e. The first kappa shape index (κ1) is 12.5. The van der Waals surface area contributed by atoms with Crippen molar-refractivity contribution in [2.75, 3.05) is 19.1 Å². The highest BCUT2D eigenvalue weighted by atomic mass is 16.5. The van der Waals surface area contributed by atoms with Crippen molar-refractivity contribution in [3.63, 3.8) is 0 Å². The molecule has 1 aromatic carbocycles. The summed E-state index contributed by atoms with van der Waals surface area (Å²) in [7, 11) is 3.68. The molecule has 0 saturated heterocycles. The fourth-order valence-electron chi connectivity index (χ4n) is 1.83. The summed E-state index contributed by atoms with van der Waals surface area (Å²) in [5.74, 6) is 1.77. The first-order valence-corrected chi connectivity index (χ1v) is 5.85. The highest BCUT2D eigenvalue weighted by Gasteiger charge is 2.08. The standard InChI is InChI=1S/C14H18N2O2/c1-16(10-14-11(9-15)7-8-18-14)12-3-5-13(17-2)6-4-12/h3-8H,9-10,15H2,1-2H3. The summed E-state index contributed by atoms with van der Waals surface area (Å²) in [5, 5.41) is 0. The lowest BCUT2D eigenvalue weighted by atomic mass is 10.2. The summed E-state index contributed by atoms with van der Waals surface area (Å²) < 4.78 is 10.6. The van der Waals surface area contributed by atoms with Crippen LogP contribution in [0.3, 0.4) is 0 Å². The van der Waals surface area contributed by atoms with Gasteiger partial charge in [0.2, 0.25) is 0 Å². The topological polar surface area (TPSA) is 51.6 Å². The number of furan rings is 1. The average Bonchev–Trinajstić information content (AvgIpc) is 2.86. The van der Waals surface area contributed by atoms with Crippen molar-refractivity contribution in [2.24, 2.45) is 5.73 Å². The molecule has 2 aromatic rings. The van der Waals surface area contributed by atoms with Gasteiger partial charge in [-0.1, -0.05) is 0 Å². The molecule has 1 aromatic heterocycles. The van der Waals surface area contributed by atoms with Crippen molar-refractivity contribution >= 4 is 5.69 Å². The highest BCUT2D eigenvalue weighted by Crippen LogP contribution is 2.21. The highest BCUT2D eigenvalue weighted by molar-refractivity contribution is 5.48. The van der Waals surface area contributed by atoms with Crippen LogP contribution in [0.5, 0.6) is 5.75 Å². The second-order valence-electron chi connectivity index (χ2n) is 4.13. The number of nitrogens with zero attached hydrogens (tertiary/aromatic N) is 1. The SMILES string of the molecule is COc1ccc(N(C)Cc2occc2CN)cc1. The van der Waals surface area contributed by atoms with Gasteiger partial charge in [-0.3, -0.25) is 0 Å². The third-order valence-electron chi connectivity index (χ3n) is 2.95. The quantitative estimate of drug-likeness (QED) is 0.880. The third kappa shape index (κ3) is 2.65. The van der Waals surface area contributed by atoms with Gasteiger partial charge >= 0.3 is 0 Å². The third-order valence-corrected chi connectivity index (χ3v) is 2.95. The van der Waals surface area contributed by atoms with Gasteiger partial charge in [0, 0.05) is 24.8 Å². The van der Waals surface area contributed by atoms with Crippen LogP contribution in [-0.4, -0.2) is 14.2 Å². The normalized spacial score (nSPS) is 10.4. The Morgan fingerprint density at radius 3 is 2.56 bits per heavy atom. The van der Waals surface area contributed by atoms with Crippen LogP contribution in [0.2, 0.25) is 0 Å². The maximum absolute atomic E-state index is 5.65. The zero-order valence-electron chi connectivity index (χ0n) is 10.7. The first-order chi connectivity index (χ1) is 8.74. The average molecular weight is 246 g/mol. The molecule has 0 unspecified atom stereocenters. The van der Waals surface area contributed by atoms with E-state index in [-0.39, 0.29) is 0 Å². The predicted octanol–water partition coefficient (Wildman–Crippen LogP) is 2.38. The van der Waals surface area contributed by atoms with Gasteiger partial charge in [-0.25, -0.2) is 0 Å². The molecule has 96 valence electrons. The van der Waals surface area contributed by atoms with Gasteiger partial charge in [0.15, 0.2) is 0 Å². The molecule has 4 heteroatoms. The fourth-order valence-corrected chi connectivity index (χ4v) is 1.83. The summed E-state index contributed by atoms with van der Waals surface area (Å²) in [6, 6.07) is 9.83. The van der Waals surface area contributed by atoms with E-state index >= 15 is 0 Å². The Labute approximate surface area is 107 Å². The second kappa shape index (κ2) is 5.60. The van der Waals surface area contributed by atoms with Crippen molar-refractivity contribution in [1.82, 2.24) is 0 Å². The predicted molar refractivity (Wildman–Crippen MR) is 71.7 cm³/mol. The number of hydrogen-bond donors (Lipinski definition) is 1. The Bertz CT molecular complexity index is 491.